The fraction of sp³-hybridized carbons (Fsp3) is 0.480. The zero-order chi connectivity index (χ0) is 22.1. The first-order chi connectivity index (χ1) is 15.5. The van der Waals surface area contributed by atoms with E-state index in [-0.39, 0.29) is 24.0 Å². The third kappa shape index (κ3) is 4.58. The van der Waals surface area contributed by atoms with Crippen molar-refractivity contribution in [3.63, 3.8) is 0 Å². The second kappa shape index (κ2) is 9.06. The van der Waals surface area contributed by atoms with Crippen LogP contribution in [0, 0.1) is 5.92 Å². The number of alkyl halides is 2. The molecule has 1 aliphatic carbocycles. The third-order valence-electron chi connectivity index (χ3n) is 7.02. The summed E-state index contributed by atoms with van der Waals surface area (Å²) in [5, 5.41) is 3.10. The van der Waals surface area contributed by atoms with Crippen LogP contribution in [0.25, 0.3) is 11.1 Å². The predicted octanol–water partition coefficient (Wildman–Crippen LogP) is 5.15. The van der Waals surface area contributed by atoms with E-state index in [4.69, 9.17) is 4.74 Å². The molecule has 1 amide bonds. The molecule has 4 aliphatic rings. The second-order valence-corrected chi connectivity index (χ2v) is 8.99. The van der Waals surface area contributed by atoms with E-state index in [1.165, 1.54) is 5.56 Å². The first-order valence-corrected chi connectivity index (χ1v) is 11.4. The smallest absolute Gasteiger partial charge is 0.407 e. The molecule has 2 aromatic carbocycles. The van der Waals surface area contributed by atoms with E-state index >= 15 is 0 Å². The number of nitrogens with zero attached hydrogens (tertiary/aromatic N) is 1. The maximum Gasteiger partial charge on any atom is 0.407 e. The highest BCUT2D eigenvalue weighted by Crippen LogP contribution is 2.34. The predicted molar refractivity (Wildman–Crippen MR) is 117 cm³/mol. The number of piperidine rings is 3. The Morgan fingerprint density at radius 3 is 2.47 bits per heavy atom. The standard InChI is InChI=1S/C25H28F2N2O3/c26-24(27)31-20-7-4-16(5-8-20)18-6-9-21-19(14-18)2-1-3-22(21)28-25(30)32-23-15-29-12-10-17(23)11-13-29/h4-9,14,17,22-24H,1-3,10-13,15H2,(H,28,30)/t22?,23-/m1/s1. The molecule has 3 saturated heterocycles. The molecule has 32 heavy (non-hydrogen) atoms. The van der Waals surface area contributed by atoms with Gasteiger partial charge in [-0.3, -0.25) is 4.90 Å². The molecule has 1 unspecified atom stereocenters. The fourth-order valence-electron chi connectivity index (χ4n) is 5.33. The number of halogens is 2. The minimum absolute atomic E-state index is 0.0000380. The lowest BCUT2D eigenvalue weighted by atomic mass is 9.85. The minimum atomic E-state index is -2.83. The summed E-state index contributed by atoms with van der Waals surface area (Å²) in [6, 6.07) is 12.8. The summed E-state index contributed by atoms with van der Waals surface area (Å²) in [7, 11) is 0. The Hall–Kier alpha value is -2.67. The molecule has 2 bridgehead atoms. The first-order valence-electron chi connectivity index (χ1n) is 11.4. The largest absolute Gasteiger partial charge is 0.445 e. The van der Waals surface area contributed by atoms with Crippen LogP contribution in [0.3, 0.4) is 0 Å². The molecule has 1 N–H and O–H groups in total. The van der Waals surface area contributed by atoms with E-state index in [9.17, 15) is 13.6 Å². The van der Waals surface area contributed by atoms with E-state index in [0.29, 0.717) is 5.92 Å². The van der Waals surface area contributed by atoms with Gasteiger partial charge in [-0.1, -0.05) is 30.3 Å². The number of aryl methyl sites for hydroxylation is 1. The van der Waals surface area contributed by atoms with Crippen molar-refractivity contribution in [3.8, 4) is 16.9 Å². The van der Waals surface area contributed by atoms with Gasteiger partial charge in [0.15, 0.2) is 0 Å². The Morgan fingerprint density at radius 2 is 1.78 bits per heavy atom. The van der Waals surface area contributed by atoms with Gasteiger partial charge in [0.05, 0.1) is 6.04 Å². The second-order valence-electron chi connectivity index (χ2n) is 8.99. The number of rotatable bonds is 5. The molecule has 3 heterocycles. The summed E-state index contributed by atoms with van der Waals surface area (Å²) in [6.07, 6.45) is 4.73. The van der Waals surface area contributed by atoms with Crippen LogP contribution in [0.15, 0.2) is 42.5 Å². The molecule has 6 rings (SSSR count). The summed E-state index contributed by atoms with van der Waals surface area (Å²) in [5.41, 5.74) is 4.28. The summed E-state index contributed by atoms with van der Waals surface area (Å²) in [4.78, 5) is 15.0. The summed E-state index contributed by atoms with van der Waals surface area (Å²) in [6.45, 7) is 0.259. The number of hydrogen-bond donors (Lipinski definition) is 1. The Morgan fingerprint density at radius 1 is 1.03 bits per heavy atom. The van der Waals surface area contributed by atoms with Crippen molar-refractivity contribution in [2.45, 2.75) is 50.9 Å². The van der Waals surface area contributed by atoms with E-state index in [1.54, 1.807) is 24.3 Å². The lowest BCUT2D eigenvalue weighted by molar-refractivity contribution is -0.0498. The zero-order valence-electron chi connectivity index (χ0n) is 17.9. The Bertz CT molecular complexity index is 958. The SMILES string of the molecule is O=C(NC1CCCc2cc(-c3ccc(OC(F)F)cc3)ccc21)O[C@@H]1CN2CCC1CC2. The van der Waals surface area contributed by atoms with Crippen molar-refractivity contribution in [1.29, 1.82) is 0 Å². The van der Waals surface area contributed by atoms with E-state index in [2.05, 4.69) is 27.1 Å². The molecule has 0 spiro atoms. The summed E-state index contributed by atoms with van der Waals surface area (Å²) >= 11 is 0. The number of carbonyl (C=O) groups excluding carboxylic acids is 1. The fourth-order valence-corrected chi connectivity index (χ4v) is 5.33. The number of amides is 1. The average Bonchev–Trinajstić information content (AvgIpc) is 2.80. The van der Waals surface area contributed by atoms with Crippen molar-refractivity contribution in [2.75, 3.05) is 19.6 Å². The molecular formula is C25H28F2N2O3. The van der Waals surface area contributed by atoms with Gasteiger partial charge in [-0.15, -0.1) is 0 Å². The molecule has 7 heteroatoms. The number of alkyl carbamates (subject to hydrolysis) is 1. The van der Waals surface area contributed by atoms with Crippen LogP contribution in [0.1, 0.15) is 42.9 Å². The van der Waals surface area contributed by atoms with Gasteiger partial charge in [0.1, 0.15) is 11.9 Å². The monoisotopic (exact) mass is 442 g/mol. The molecular weight excluding hydrogens is 414 g/mol. The van der Waals surface area contributed by atoms with Gasteiger partial charge in [-0.2, -0.15) is 8.78 Å². The minimum Gasteiger partial charge on any atom is -0.445 e. The summed E-state index contributed by atoms with van der Waals surface area (Å²) < 4.78 is 35.0. The molecule has 2 atom stereocenters. The Kier molecular flexibility index (Phi) is 6.00. The van der Waals surface area contributed by atoms with Crippen molar-refractivity contribution in [2.24, 2.45) is 5.92 Å². The number of fused-ring (bicyclic) bond motifs is 4. The van der Waals surface area contributed by atoms with Gasteiger partial charge in [-0.05, 0) is 85.5 Å². The van der Waals surface area contributed by atoms with Crippen LogP contribution in [-0.2, 0) is 11.2 Å². The topological polar surface area (TPSA) is 50.8 Å². The van der Waals surface area contributed by atoms with Gasteiger partial charge in [0.2, 0.25) is 0 Å². The Balaban J connectivity index is 1.25. The number of benzene rings is 2. The van der Waals surface area contributed by atoms with Gasteiger partial charge < -0.3 is 14.8 Å². The number of nitrogens with one attached hydrogen (secondary N) is 1. The molecule has 2 aromatic rings. The normalized spacial score (nSPS) is 26.5. The number of hydrogen-bond acceptors (Lipinski definition) is 4. The number of ether oxygens (including phenoxy) is 2. The Labute approximate surface area is 186 Å². The van der Waals surface area contributed by atoms with E-state index in [1.807, 2.05) is 6.07 Å². The van der Waals surface area contributed by atoms with Crippen LogP contribution in [-0.4, -0.2) is 43.3 Å². The van der Waals surface area contributed by atoms with Crippen LogP contribution >= 0.6 is 0 Å². The average molecular weight is 443 g/mol. The quantitative estimate of drug-likeness (QED) is 0.696. The van der Waals surface area contributed by atoms with Crippen molar-refractivity contribution in [3.05, 3.63) is 53.6 Å². The molecule has 0 radical (unpaired) electrons. The molecule has 3 fully saturated rings. The van der Waals surface area contributed by atoms with Crippen molar-refractivity contribution in [1.82, 2.24) is 10.2 Å². The molecule has 0 saturated carbocycles. The third-order valence-corrected chi connectivity index (χ3v) is 7.02. The highest BCUT2D eigenvalue weighted by atomic mass is 19.3. The lowest BCUT2D eigenvalue weighted by Gasteiger charge is -2.44. The van der Waals surface area contributed by atoms with Crippen molar-refractivity contribution >= 4 is 6.09 Å². The van der Waals surface area contributed by atoms with Crippen LogP contribution < -0.4 is 10.1 Å². The molecule has 0 aromatic heterocycles. The van der Waals surface area contributed by atoms with Crippen LogP contribution in [0.4, 0.5) is 13.6 Å². The van der Waals surface area contributed by atoms with Gasteiger partial charge >= 0.3 is 12.7 Å². The molecule has 3 aliphatic heterocycles. The zero-order valence-corrected chi connectivity index (χ0v) is 17.9. The van der Waals surface area contributed by atoms with Crippen molar-refractivity contribution < 1.29 is 23.0 Å². The van der Waals surface area contributed by atoms with E-state index < -0.39 is 6.61 Å². The van der Waals surface area contributed by atoms with Gasteiger partial charge in [-0.25, -0.2) is 4.79 Å². The number of carbonyl (C=O) groups is 1. The van der Waals surface area contributed by atoms with Crippen LogP contribution in [0.2, 0.25) is 0 Å². The van der Waals surface area contributed by atoms with Gasteiger partial charge in [0, 0.05) is 6.54 Å². The summed E-state index contributed by atoms with van der Waals surface area (Å²) in [5.74, 6) is 0.636. The maximum absolute atomic E-state index is 12.6. The lowest BCUT2D eigenvalue weighted by Crippen LogP contribution is -2.52. The van der Waals surface area contributed by atoms with Crippen LogP contribution in [0.5, 0.6) is 5.75 Å². The first kappa shape index (κ1) is 21.2. The highest BCUT2D eigenvalue weighted by molar-refractivity contribution is 5.69. The highest BCUT2D eigenvalue weighted by Gasteiger charge is 2.37. The maximum atomic E-state index is 12.6. The molecule has 5 nitrogen and oxygen atoms in total. The van der Waals surface area contributed by atoms with Gasteiger partial charge in [0.25, 0.3) is 0 Å². The van der Waals surface area contributed by atoms with E-state index in [0.717, 1.165) is 68.4 Å². The molecule has 170 valence electrons.